The molecule has 4 atom stereocenters. The van der Waals surface area contributed by atoms with E-state index in [0.29, 0.717) is 11.8 Å². The lowest BCUT2D eigenvalue weighted by atomic mass is 9.80. The molecule has 0 spiro atoms. The maximum Gasteiger partial charge on any atom is 0.125 e. The lowest BCUT2D eigenvalue weighted by Gasteiger charge is -2.29. The van der Waals surface area contributed by atoms with Crippen LogP contribution in [0.25, 0.3) is 0 Å². The van der Waals surface area contributed by atoms with Crippen LogP contribution in [-0.4, -0.2) is 10.7 Å². The summed E-state index contributed by atoms with van der Waals surface area (Å²) in [6, 6.07) is 0. The fraction of sp³-hybridized carbons (Fsp3) is 0.636. The number of hydrogen-bond acceptors (Lipinski definition) is 1. The highest BCUT2D eigenvalue weighted by Gasteiger charge is 2.44. The molecule has 12 heavy (non-hydrogen) atoms. The first kappa shape index (κ1) is 7.89. The first-order valence-corrected chi connectivity index (χ1v) is 4.52. The van der Waals surface area contributed by atoms with Crippen LogP contribution in [0.3, 0.4) is 0 Å². The summed E-state index contributed by atoms with van der Waals surface area (Å²) in [6.07, 6.45) is 12.0. The smallest absolute Gasteiger partial charge is 0.125 e. The van der Waals surface area contributed by atoms with Gasteiger partial charge in [-0.3, -0.25) is 0 Å². The molecule has 0 aromatic carbocycles. The maximum absolute atomic E-state index is 9.88. The average molecular weight is 162 g/mol. The molecule has 2 bridgehead atoms. The summed E-state index contributed by atoms with van der Waals surface area (Å²) in [5, 5.41) is 9.88. The summed E-state index contributed by atoms with van der Waals surface area (Å²) in [6.45, 7) is 1.76. The standard InChI is InChI=1S/C11H14O/c1-3-11(2,12)10-7-8-4-5-9(10)6-8/h1,4-5,8-10,12H,6-7H2,2H3/t8-,9+,10+,11+/m0/s1. The Morgan fingerprint density at radius 1 is 1.50 bits per heavy atom. The van der Waals surface area contributed by atoms with Crippen molar-refractivity contribution in [2.45, 2.75) is 25.4 Å². The molecular formula is C11H14O. The van der Waals surface area contributed by atoms with Crippen molar-refractivity contribution in [2.75, 3.05) is 0 Å². The van der Waals surface area contributed by atoms with Crippen LogP contribution in [0.5, 0.6) is 0 Å². The van der Waals surface area contributed by atoms with Gasteiger partial charge in [0.1, 0.15) is 5.60 Å². The second-order valence-corrected chi connectivity index (χ2v) is 4.18. The predicted molar refractivity (Wildman–Crippen MR) is 48.3 cm³/mol. The molecule has 2 aliphatic rings. The molecule has 1 nitrogen and oxygen atoms in total. The van der Waals surface area contributed by atoms with Gasteiger partial charge >= 0.3 is 0 Å². The summed E-state index contributed by atoms with van der Waals surface area (Å²) >= 11 is 0. The summed E-state index contributed by atoms with van der Waals surface area (Å²) in [5.41, 5.74) is -0.899. The van der Waals surface area contributed by atoms with Gasteiger partial charge in [-0.25, -0.2) is 0 Å². The topological polar surface area (TPSA) is 20.2 Å². The molecule has 64 valence electrons. The van der Waals surface area contributed by atoms with Crippen molar-refractivity contribution in [3.8, 4) is 12.3 Å². The van der Waals surface area contributed by atoms with Gasteiger partial charge in [0.2, 0.25) is 0 Å². The molecule has 0 amide bonds. The van der Waals surface area contributed by atoms with Crippen LogP contribution in [-0.2, 0) is 0 Å². The zero-order valence-corrected chi connectivity index (χ0v) is 7.33. The third-order valence-corrected chi connectivity index (χ3v) is 3.29. The molecule has 0 aliphatic heterocycles. The van der Waals surface area contributed by atoms with Crippen molar-refractivity contribution in [3.63, 3.8) is 0 Å². The van der Waals surface area contributed by atoms with E-state index in [2.05, 4.69) is 18.1 Å². The molecule has 0 aromatic heterocycles. The zero-order chi connectivity index (χ0) is 8.77. The Labute approximate surface area is 73.5 Å². The molecule has 0 saturated heterocycles. The van der Waals surface area contributed by atoms with Crippen LogP contribution in [0.4, 0.5) is 0 Å². The van der Waals surface area contributed by atoms with Crippen LogP contribution < -0.4 is 0 Å². The third kappa shape index (κ3) is 0.990. The molecule has 2 aliphatic carbocycles. The first-order chi connectivity index (χ1) is 5.63. The molecule has 1 saturated carbocycles. The molecule has 2 rings (SSSR count). The van der Waals surface area contributed by atoms with Crippen molar-refractivity contribution >= 4 is 0 Å². The van der Waals surface area contributed by atoms with Crippen LogP contribution in [0.1, 0.15) is 19.8 Å². The lowest BCUT2D eigenvalue weighted by Crippen LogP contribution is -2.35. The fourth-order valence-electron chi connectivity index (χ4n) is 2.53. The van der Waals surface area contributed by atoms with E-state index < -0.39 is 5.60 Å². The van der Waals surface area contributed by atoms with Gasteiger partial charge in [-0.05, 0) is 31.6 Å². The van der Waals surface area contributed by atoms with Crippen LogP contribution in [0.2, 0.25) is 0 Å². The predicted octanol–water partition coefficient (Wildman–Crippen LogP) is 1.58. The number of rotatable bonds is 1. The Balaban J connectivity index is 2.19. The van der Waals surface area contributed by atoms with Gasteiger partial charge in [-0.1, -0.05) is 18.1 Å². The van der Waals surface area contributed by atoms with Crippen molar-refractivity contribution in [1.82, 2.24) is 0 Å². The summed E-state index contributed by atoms with van der Waals surface area (Å²) < 4.78 is 0. The Morgan fingerprint density at radius 3 is 2.67 bits per heavy atom. The molecular weight excluding hydrogens is 148 g/mol. The highest BCUT2D eigenvalue weighted by Crippen LogP contribution is 2.47. The lowest BCUT2D eigenvalue weighted by molar-refractivity contribution is 0.0434. The number of fused-ring (bicyclic) bond motifs is 2. The van der Waals surface area contributed by atoms with Crippen molar-refractivity contribution in [2.24, 2.45) is 17.8 Å². The monoisotopic (exact) mass is 162 g/mol. The van der Waals surface area contributed by atoms with Crippen molar-refractivity contribution in [1.29, 1.82) is 0 Å². The summed E-state index contributed by atoms with van der Waals surface area (Å²) in [7, 11) is 0. The van der Waals surface area contributed by atoms with Crippen LogP contribution >= 0.6 is 0 Å². The van der Waals surface area contributed by atoms with E-state index in [9.17, 15) is 5.11 Å². The van der Waals surface area contributed by atoms with Gasteiger partial charge in [0, 0.05) is 5.92 Å². The molecule has 0 radical (unpaired) electrons. The van der Waals surface area contributed by atoms with Crippen LogP contribution in [0, 0.1) is 30.1 Å². The Kier molecular flexibility index (Phi) is 1.56. The minimum Gasteiger partial charge on any atom is -0.378 e. The summed E-state index contributed by atoms with van der Waals surface area (Å²) in [5.74, 6) is 3.99. The molecule has 0 heterocycles. The number of aliphatic hydroxyl groups is 1. The zero-order valence-electron chi connectivity index (χ0n) is 7.33. The Morgan fingerprint density at radius 2 is 2.25 bits per heavy atom. The molecule has 1 N–H and O–H groups in total. The SMILES string of the molecule is C#C[C@@](C)(O)[C@@H]1C[C@H]2C=C[C@@H]1C2. The average Bonchev–Trinajstić information content (AvgIpc) is 2.64. The number of hydrogen-bond donors (Lipinski definition) is 1. The normalized spacial score (nSPS) is 42.6. The Bertz CT molecular complexity index is 257. The minimum atomic E-state index is -0.899. The minimum absolute atomic E-state index is 0.289. The molecule has 1 fully saturated rings. The van der Waals surface area contributed by atoms with E-state index in [4.69, 9.17) is 6.42 Å². The largest absolute Gasteiger partial charge is 0.378 e. The van der Waals surface area contributed by atoms with Gasteiger partial charge in [-0.15, -0.1) is 6.42 Å². The van der Waals surface area contributed by atoms with E-state index in [-0.39, 0.29) is 5.92 Å². The van der Waals surface area contributed by atoms with Crippen molar-refractivity contribution < 1.29 is 5.11 Å². The highest BCUT2D eigenvalue weighted by molar-refractivity contribution is 5.19. The molecule has 0 unspecified atom stereocenters. The number of terminal acetylenes is 1. The van der Waals surface area contributed by atoms with Gasteiger partial charge in [0.05, 0.1) is 0 Å². The van der Waals surface area contributed by atoms with Gasteiger partial charge in [0.15, 0.2) is 0 Å². The van der Waals surface area contributed by atoms with Crippen molar-refractivity contribution in [3.05, 3.63) is 12.2 Å². The first-order valence-electron chi connectivity index (χ1n) is 4.52. The third-order valence-electron chi connectivity index (χ3n) is 3.29. The quantitative estimate of drug-likeness (QED) is 0.458. The van der Waals surface area contributed by atoms with E-state index in [0.717, 1.165) is 6.42 Å². The fourth-order valence-corrected chi connectivity index (χ4v) is 2.53. The highest BCUT2D eigenvalue weighted by atomic mass is 16.3. The number of allylic oxidation sites excluding steroid dienone is 2. The maximum atomic E-state index is 9.88. The van der Waals surface area contributed by atoms with Crippen LogP contribution in [0.15, 0.2) is 12.2 Å². The molecule has 1 heteroatoms. The molecule has 0 aromatic rings. The van der Waals surface area contributed by atoms with E-state index in [1.807, 2.05) is 0 Å². The van der Waals surface area contributed by atoms with E-state index >= 15 is 0 Å². The van der Waals surface area contributed by atoms with Gasteiger partial charge in [-0.2, -0.15) is 0 Å². The van der Waals surface area contributed by atoms with E-state index in [1.165, 1.54) is 6.42 Å². The Hall–Kier alpha value is -0.740. The van der Waals surface area contributed by atoms with Gasteiger partial charge < -0.3 is 5.11 Å². The van der Waals surface area contributed by atoms with Gasteiger partial charge in [0.25, 0.3) is 0 Å². The second kappa shape index (κ2) is 2.37. The second-order valence-electron chi connectivity index (χ2n) is 4.18. The summed E-state index contributed by atoms with van der Waals surface area (Å²) in [4.78, 5) is 0. The van der Waals surface area contributed by atoms with E-state index in [1.54, 1.807) is 6.92 Å².